The first-order valence-electron chi connectivity index (χ1n) is 8.98. The predicted octanol–water partition coefficient (Wildman–Crippen LogP) is -0.325. The van der Waals surface area contributed by atoms with Gasteiger partial charge in [0.1, 0.15) is 18.3 Å². The molecule has 4 rings (SSSR count). The molecule has 0 amide bonds. The molecule has 1 aromatic carbocycles. The Morgan fingerprint density at radius 3 is 2.64 bits per heavy atom. The first-order valence-corrected chi connectivity index (χ1v) is 8.98. The van der Waals surface area contributed by atoms with E-state index in [-0.39, 0.29) is 5.95 Å². The van der Waals surface area contributed by atoms with Crippen LogP contribution in [0.15, 0.2) is 36.7 Å². The molecule has 3 aromatic rings. The van der Waals surface area contributed by atoms with Crippen LogP contribution in [-0.2, 0) is 11.2 Å². The molecule has 6 N–H and O–H groups in total. The second-order valence-electron chi connectivity index (χ2n) is 6.65. The van der Waals surface area contributed by atoms with E-state index in [1.165, 1.54) is 16.5 Å². The van der Waals surface area contributed by atoms with Crippen LogP contribution in [0.25, 0.3) is 11.2 Å². The smallest absolute Gasteiger partial charge is 0.224 e. The Morgan fingerprint density at radius 1 is 1.14 bits per heavy atom. The summed E-state index contributed by atoms with van der Waals surface area (Å²) in [4.78, 5) is 12.8. The van der Waals surface area contributed by atoms with Gasteiger partial charge in [0.05, 0.1) is 12.9 Å². The van der Waals surface area contributed by atoms with Crippen LogP contribution in [0.2, 0.25) is 0 Å². The van der Waals surface area contributed by atoms with Crippen LogP contribution in [0.5, 0.6) is 0 Å². The topological polar surface area (TPSA) is 152 Å². The third kappa shape index (κ3) is 3.38. The van der Waals surface area contributed by atoms with Crippen molar-refractivity contribution in [1.82, 2.24) is 19.5 Å². The Balaban J connectivity index is 1.58. The molecule has 1 saturated heterocycles. The highest BCUT2D eigenvalue weighted by atomic mass is 16.6. The van der Waals surface area contributed by atoms with Crippen LogP contribution >= 0.6 is 0 Å². The minimum atomic E-state index is -1.24. The van der Waals surface area contributed by atoms with Gasteiger partial charge < -0.3 is 31.1 Å². The molecule has 10 nitrogen and oxygen atoms in total. The number of aliphatic hydroxyl groups excluding tert-OH is 3. The molecule has 4 atom stereocenters. The van der Waals surface area contributed by atoms with Crippen LogP contribution in [0.1, 0.15) is 11.8 Å². The Kier molecular flexibility index (Phi) is 5.09. The molecule has 1 aliphatic heterocycles. The number of aromatic nitrogens is 4. The molecule has 28 heavy (non-hydrogen) atoms. The number of nitrogen functional groups attached to an aromatic ring is 1. The summed E-state index contributed by atoms with van der Waals surface area (Å²) in [5.74, 6) is 0.520. The van der Waals surface area contributed by atoms with Crippen molar-refractivity contribution >= 4 is 22.9 Å². The monoisotopic (exact) mass is 386 g/mol. The number of imidazole rings is 1. The minimum Gasteiger partial charge on any atom is -0.394 e. The summed E-state index contributed by atoms with van der Waals surface area (Å²) in [6.07, 6.45) is -2.04. The Hall–Kier alpha value is -2.79. The zero-order chi connectivity index (χ0) is 19.7. The van der Waals surface area contributed by atoms with Gasteiger partial charge in [-0.1, -0.05) is 30.3 Å². The number of nitrogens with two attached hydrogens (primary N) is 1. The molecule has 0 spiro atoms. The average molecular weight is 386 g/mol. The number of benzene rings is 1. The van der Waals surface area contributed by atoms with Crippen LogP contribution in [0.3, 0.4) is 0 Å². The van der Waals surface area contributed by atoms with Crippen molar-refractivity contribution in [3.63, 3.8) is 0 Å². The average Bonchev–Trinajstić information content (AvgIpc) is 3.24. The van der Waals surface area contributed by atoms with E-state index in [9.17, 15) is 15.3 Å². The number of nitrogens with zero attached hydrogens (tertiary/aromatic N) is 4. The van der Waals surface area contributed by atoms with Gasteiger partial charge in [0.15, 0.2) is 23.2 Å². The molecule has 1 aliphatic rings. The number of fused-ring (bicyclic) bond motifs is 1. The van der Waals surface area contributed by atoms with Gasteiger partial charge in [-0.05, 0) is 12.0 Å². The highest BCUT2D eigenvalue weighted by molar-refractivity contribution is 5.84. The number of nitrogens with one attached hydrogen (secondary N) is 1. The van der Waals surface area contributed by atoms with E-state index < -0.39 is 31.1 Å². The molecule has 2 aromatic heterocycles. The van der Waals surface area contributed by atoms with Crippen LogP contribution < -0.4 is 11.1 Å². The number of rotatable bonds is 6. The normalized spacial score (nSPS) is 24.7. The Bertz CT molecular complexity index is 950. The molecule has 1 fully saturated rings. The minimum absolute atomic E-state index is 0.0446. The fraction of sp³-hybridized carbons (Fsp3) is 0.389. The number of ether oxygens (including phenoxy) is 1. The van der Waals surface area contributed by atoms with Crippen LogP contribution in [-0.4, -0.2) is 66.3 Å². The Morgan fingerprint density at radius 2 is 1.93 bits per heavy atom. The van der Waals surface area contributed by atoms with Crippen molar-refractivity contribution in [3.8, 4) is 0 Å². The highest BCUT2D eigenvalue weighted by Gasteiger charge is 2.44. The molecule has 0 bridgehead atoms. The first-order chi connectivity index (χ1) is 13.6. The fourth-order valence-corrected chi connectivity index (χ4v) is 3.32. The van der Waals surface area contributed by atoms with Crippen LogP contribution in [0.4, 0.5) is 11.8 Å². The summed E-state index contributed by atoms with van der Waals surface area (Å²) in [7, 11) is 0. The molecule has 148 valence electrons. The SMILES string of the molecule is Nc1nc(NCCc2ccccc2)c2ncn([C@@H]3O[C@@H](CO)[C@@H](O)[C@H]3O)c2n1. The Labute approximate surface area is 160 Å². The van der Waals surface area contributed by atoms with E-state index in [4.69, 9.17) is 10.5 Å². The van der Waals surface area contributed by atoms with E-state index in [0.29, 0.717) is 23.5 Å². The van der Waals surface area contributed by atoms with Gasteiger partial charge in [0.25, 0.3) is 0 Å². The second-order valence-corrected chi connectivity index (χ2v) is 6.65. The third-order valence-electron chi connectivity index (χ3n) is 4.78. The number of hydrogen-bond donors (Lipinski definition) is 5. The van der Waals surface area contributed by atoms with Gasteiger partial charge in [0.2, 0.25) is 5.95 Å². The molecule has 3 heterocycles. The van der Waals surface area contributed by atoms with Crippen LogP contribution in [0, 0.1) is 0 Å². The lowest BCUT2D eigenvalue weighted by Crippen LogP contribution is -2.33. The number of aliphatic hydroxyl groups is 3. The fourth-order valence-electron chi connectivity index (χ4n) is 3.32. The van der Waals surface area contributed by atoms with E-state index in [2.05, 4.69) is 20.3 Å². The molecule has 0 radical (unpaired) electrons. The highest BCUT2D eigenvalue weighted by Crippen LogP contribution is 2.32. The number of hydrogen-bond acceptors (Lipinski definition) is 9. The van der Waals surface area contributed by atoms with E-state index in [0.717, 1.165) is 6.42 Å². The molecule has 0 aliphatic carbocycles. The maximum atomic E-state index is 10.3. The second kappa shape index (κ2) is 7.68. The lowest BCUT2D eigenvalue weighted by atomic mass is 10.1. The van der Waals surface area contributed by atoms with Crippen molar-refractivity contribution in [3.05, 3.63) is 42.2 Å². The molecule has 10 heteroatoms. The van der Waals surface area contributed by atoms with Gasteiger partial charge in [-0.2, -0.15) is 9.97 Å². The van der Waals surface area contributed by atoms with Crippen molar-refractivity contribution in [1.29, 1.82) is 0 Å². The van der Waals surface area contributed by atoms with Crippen molar-refractivity contribution in [2.45, 2.75) is 31.0 Å². The summed E-state index contributed by atoms with van der Waals surface area (Å²) in [5, 5.41) is 32.8. The van der Waals surface area contributed by atoms with Gasteiger partial charge in [0, 0.05) is 6.54 Å². The van der Waals surface area contributed by atoms with Crippen molar-refractivity contribution in [2.24, 2.45) is 0 Å². The van der Waals surface area contributed by atoms with E-state index in [1.807, 2.05) is 30.3 Å². The quantitative estimate of drug-likeness (QED) is 0.383. The number of anilines is 2. The zero-order valence-electron chi connectivity index (χ0n) is 15.0. The summed E-state index contributed by atoms with van der Waals surface area (Å²) in [6, 6.07) is 10.0. The van der Waals surface area contributed by atoms with Gasteiger partial charge in [-0.3, -0.25) is 4.57 Å². The lowest BCUT2D eigenvalue weighted by molar-refractivity contribution is -0.0511. The predicted molar refractivity (Wildman–Crippen MR) is 101 cm³/mol. The molecular formula is C18H22N6O4. The molecule has 0 saturated carbocycles. The molecular weight excluding hydrogens is 364 g/mol. The van der Waals surface area contributed by atoms with Crippen molar-refractivity contribution < 1.29 is 20.1 Å². The van der Waals surface area contributed by atoms with Gasteiger partial charge in [-0.25, -0.2) is 4.98 Å². The first kappa shape index (κ1) is 18.6. The van der Waals surface area contributed by atoms with E-state index in [1.54, 1.807) is 0 Å². The standard InChI is InChI=1S/C18H22N6O4/c19-18-22-15(20-7-6-10-4-2-1-3-5-10)12-16(23-18)24(9-21-12)17-14(27)13(26)11(8-25)28-17/h1-5,9,11,13-14,17,25-27H,6-8H2,(H3,19,20,22,23)/t11-,13+,14+,17+/m0/s1. The summed E-state index contributed by atoms with van der Waals surface area (Å²) in [5.41, 5.74) is 7.88. The summed E-state index contributed by atoms with van der Waals surface area (Å²) in [6.45, 7) is 0.209. The lowest BCUT2D eigenvalue weighted by Gasteiger charge is -2.16. The largest absolute Gasteiger partial charge is 0.394 e. The van der Waals surface area contributed by atoms with E-state index >= 15 is 0 Å². The van der Waals surface area contributed by atoms with Gasteiger partial charge >= 0.3 is 0 Å². The summed E-state index contributed by atoms with van der Waals surface area (Å²) >= 11 is 0. The molecule has 0 unspecified atom stereocenters. The third-order valence-corrected chi connectivity index (χ3v) is 4.78. The zero-order valence-corrected chi connectivity index (χ0v) is 15.0. The van der Waals surface area contributed by atoms with Gasteiger partial charge in [-0.15, -0.1) is 0 Å². The maximum Gasteiger partial charge on any atom is 0.224 e. The van der Waals surface area contributed by atoms with Crippen molar-refractivity contribution in [2.75, 3.05) is 24.2 Å². The summed E-state index contributed by atoms with van der Waals surface area (Å²) < 4.78 is 7.04. The maximum absolute atomic E-state index is 10.3.